The van der Waals surface area contributed by atoms with Crippen LogP contribution in [0.25, 0.3) is 0 Å². The third-order valence-electron chi connectivity index (χ3n) is 2.80. The molecule has 0 N–H and O–H groups in total. The first-order valence-corrected chi connectivity index (χ1v) is 6.61. The molecule has 0 aliphatic carbocycles. The molecule has 2 rings (SSSR count). The molecule has 0 fully saturated rings. The van der Waals surface area contributed by atoms with Crippen molar-refractivity contribution in [1.29, 1.82) is 0 Å². The number of ether oxygens (including phenoxy) is 2. The Kier molecular flexibility index (Phi) is 5.25. The molecule has 0 radical (unpaired) electrons. The molecule has 0 aromatic heterocycles. The van der Waals surface area contributed by atoms with Crippen molar-refractivity contribution in [3.05, 3.63) is 64.7 Å². The van der Waals surface area contributed by atoms with Crippen LogP contribution in [-0.4, -0.2) is 20.3 Å². The molecule has 0 spiro atoms. The van der Waals surface area contributed by atoms with Crippen LogP contribution in [0.1, 0.15) is 11.1 Å². The minimum Gasteiger partial charge on any atom is -0.491 e. The molecule has 0 aliphatic heterocycles. The minimum atomic E-state index is 0.542. The molecule has 0 saturated heterocycles. The van der Waals surface area contributed by atoms with Crippen LogP contribution in [0, 0.1) is 0 Å². The number of benzene rings is 2. The molecule has 2 aromatic rings. The highest BCUT2D eigenvalue weighted by molar-refractivity contribution is 6.30. The van der Waals surface area contributed by atoms with Crippen LogP contribution in [0.2, 0.25) is 5.02 Å². The molecule has 19 heavy (non-hydrogen) atoms. The normalized spacial score (nSPS) is 10.4. The topological polar surface area (TPSA) is 18.5 Å². The molecular weight excluding hydrogens is 260 g/mol. The second-order valence-electron chi connectivity index (χ2n) is 4.26. The summed E-state index contributed by atoms with van der Waals surface area (Å²) in [4.78, 5) is 0. The van der Waals surface area contributed by atoms with Crippen LogP contribution in [0.3, 0.4) is 0 Å². The van der Waals surface area contributed by atoms with Gasteiger partial charge in [-0.1, -0.05) is 41.9 Å². The molecule has 0 aliphatic rings. The highest BCUT2D eigenvalue weighted by Crippen LogP contribution is 2.25. The van der Waals surface area contributed by atoms with Gasteiger partial charge in [-0.2, -0.15) is 0 Å². The van der Waals surface area contributed by atoms with E-state index in [1.54, 1.807) is 7.11 Å². The summed E-state index contributed by atoms with van der Waals surface area (Å²) in [6, 6.07) is 16.0. The van der Waals surface area contributed by atoms with Crippen molar-refractivity contribution in [2.75, 3.05) is 20.3 Å². The fourth-order valence-electron chi connectivity index (χ4n) is 1.88. The summed E-state index contributed by atoms with van der Waals surface area (Å²) >= 11 is 6.06. The number of hydrogen-bond donors (Lipinski definition) is 0. The van der Waals surface area contributed by atoms with Gasteiger partial charge in [0.15, 0.2) is 0 Å². The quantitative estimate of drug-likeness (QED) is 0.744. The van der Waals surface area contributed by atoms with E-state index in [1.165, 1.54) is 5.56 Å². The molecule has 0 saturated carbocycles. The first kappa shape index (κ1) is 13.9. The molecule has 2 aromatic carbocycles. The van der Waals surface area contributed by atoms with Crippen molar-refractivity contribution in [3.63, 3.8) is 0 Å². The van der Waals surface area contributed by atoms with Gasteiger partial charge in [0.05, 0.1) is 6.61 Å². The smallest absolute Gasteiger partial charge is 0.123 e. The average molecular weight is 277 g/mol. The van der Waals surface area contributed by atoms with Crippen LogP contribution in [-0.2, 0) is 11.2 Å². The molecule has 3 heteroatoms. The van der Waals surface area contributed by atoms with E-state index in [2.05, 4.69) is 12.1 Å². The average Bonchev–Trinajstić information content (AvgIpc) is 2.43. The number of rotatable bonds is 6. The van der Waals surface area contributed by atoms with Gasteiger partial charge in [0.25, 0.3) is 0 Å². The lowest BCUT2D eigenvalue weighted by atomic mass is 10.0. The summed E-state index contributed by atoms with van der Waals surface area (Å²) in [5.74, 6) is 0.866. The van der Waals surface area contributed by atoms with Gasteiger partial charge in [-0.05, 0) is 29.3 Å². The third kappa shape index (κ3) is 4.27. The van der Waals surface area contributed by atoms with E-state index in [1.807, 2.05) is 36.4 Å². The highest BCUT2D eigenvalue weighted by Gasteiger charge is 2.06. The van der Waals surface area contributed by atoms with Crippen LogP contribution >= 0.6 is 11.6 Å². The summed E-state index contributed by atoms with van der Waals surface area (Å²) in [6.45, 7) is 1.12. The van der Waals surface area contributed by atoms with Crippen molar-refractivity contribution in [1.82, 2.24) is 0 Å². The summed E-state index contributed by atoms with van der Waals surface area (Å²) in [5.41, 5.74) is 2.33. The number of halogens is 1. The second-order valence-corrected chi connectivity index (χ2v) is 4.69. The van der Waals surface area contributed by atoms with E-state index in [4.69, 9.17) is 21.1 Å². The van der Waals surface area contributed by atoms with Gasteiger partial charge in [-0.15, -0.1) is 0 Å². The Balaban J connectivity index is 2.15. The highest BCUT2D eigenvalue weighted by atomic mass is 35.5. The molecule has 0 bridgehead atoms. The lowest BCUT2D eigenvalue weighted by molar-refractivity contribution is 0.146. The summed E-state index contributed by atoms with van der Waals surface area (Å²) in [7, 11) is 1.66. The fourth-order valence-corrected chi connectivity index (χ4v) is 2.07. The largest absolute Gasteiger partial charge is 0.491 e. The Bertz CT molecular complexity index is 511. The molecule has 100 valence electrons. The van der Waals surface area contributed by atoms with E-state index < -0.39 is 0 Å². The first-order chi connectivity index (χ1) is 9.29. The van der Waals surface area contributed by atoms with Crippen molar-refractivity contribution >= 4 is 11.6 Å². The van der Waals surface area contributed by atoms with E-state index in [9.17, 15) is 0 Å². The molecule has 0 unspecified atom stereocenters. The van der Waals surface area contributed by atoms with Gasteiger partial charge in [-0.25, -0.2) is 0 Å². The summed E-state index contributed by atoms with van der Waals surface area (Å²) < 4.78 is 10.7. The Morgan fingerprint density at radius 2 is 1.79 bits per heavy atom. The van der Waals surface area contributed by atoms with E-state index in [0.29, 0.717) is 13.2 Å². The predicted molar refractivity (Wildman–Crippen MR) is 78.1 cm³/mol. The first-order valence-electron chi connectivity index (χ1n) is 6.23. The van der Waals surface area contributed by atoms with E-state index >= 15 is 0 Å². The summed E-state index contributed by atoms with van der Waals surface area (Å²) in [6.07, 6.45) is 0.809. The molecule has 0 atom stereocenters. The second kappa shape index (κ2) is 7.17. The van der Waals surface area contributed by atoms with E-state index in [-0.39, 0.29) is 0 Å². The Morgan fingerprint density at radius 3 is 2.53 bits per heavy atom. The van der Waals surface area contributed by atoms with Crippen molar-refractivity contribution in [2.24, 2.45) is 0 Å². The zero-order valence-electron chi connectivity index (χ0n) is 10.9. The molecule has 0 amide bonds. The van der Waals surface area contributed by atoms with Crippen molar-refractivity contribution in [3.8, 4) is 5.75 Å². The number of hydrogen-bond acceptors (Lipinski definition) is 2. The monoisotopic (exact) mass is 276 g/mol. The standard InChI is InChI=1S/C16H17ClO2/c1-18-9-10-19-16-8-7-15(17)12-14(16)11-13-5-3-2-4-6-13/h2-8,12H,9-11H2,1H3. The third-order valence-corrected chi connectivity index (χ3v) is 3.04. The maximum Gasteiger partial charge on any atom is 0.123 e. The lowest BCUT2D eigenvalue weighted by Gasteiger charge is -2.12. The van der Waals surface area contributed by atoms with Gasteiger partial charge in [0, 0.05) is 18.6 Å². The molecular formula is C16H17ClO2. The Morgan fingerprint density at radius 1 is 1.00 bits per heavy atom. The van der Waals surface area contributed by atoms with Crippen molar-refractivity contribution in [2.45, 2.75) is 6.42 Å². The Labute approximate surface area is 118 Å². The maximum atomic E-state index is 6.06. The number of methoxy groups -OCH3 is 1. The van der Waals surface area contributed by atoms with Gasteiger partial charge >= 0.3 is 0 Å². The van der Waals surface area contributed by atoms with Crippen LogP contribution in [0.5, 0.6) is 5.75 Å². The van der Waals surface area contributed by atoms with Crippen LogP contribution < -0.4 is 4.74 Å². The van der Waals surface area contributed by atoms with Gasteiger partial charge in [0.2, 0.25) is 0 Å². The van der Waals surface area contributed by atoms with Gasteiger partial charge in [-0.3, -0.25) is 0 Å². The SMILES string of the molecule is COCCOc1ccc(Cl)cc1Cc1ccccc1. The van der Waals surface area contributed by atoms with Gasteiger partial charge in [0.1, 0.15) is 12.4 Å². The Hall–Kier alpha value is -1.51. The van der Waals surface area contributed by atoms with Gasteiger partial charge < -0.3 is 9.47 Å². The molecule has 0 heterocycles. The molecule has 2 nitrogen and oxygen atoms in total. The van der Waals surface area contributed by atoms with E-state index in [0.717, 1.165) is 22.8 Å². The zero-order valence-corrected chi connectivity index (χ0v) is 11.7. The summed E-state index contributed by atoms with van der Waals surface area (Å²) in [5, 5.41) is 0.727. The lowest BCUT2D eigenvalue weighted by Crippen LogP contribution is -2.06. The fraction of sp³-hybridized carbons (Fsp3) is 0.250. The maximum absolute atomic E-state index is 6.06. The predicted octanol–water partition coefficient (Wildman–Crippen LogP) is 3.96. The van der Waals surface area contributed by atoms with Crippen LogP contribution in [0.15, 0.2) is 48.5 Å². The van der Waals surface area contributed by atoms with Crippen molar-refractivity contribution < 1.29 is 9.47 Å². The van der Waals surface area contributed by atoms with Crippen LogP contribution in [0.4, 0.5) is 0 Å². The minimum absolute atomic E-state index is 0.542. The zero-order chi connectivity index (χ0) is 13.5.